The van der Waals surface area contributed by atoms with Crippen LogP contribution >= 0.6 is 0 Å². The van der Waals surface area contributed by atoms with Crippen molar-refractivity contribution in [3.63, 3.8) is 0 Å². The topological polar surface area (TPSA) is 17.1 Å². The van der Waals surface area contributed by atoms with Crippen molar-refractivity contribution in [2.24, 2.45) is 0 Å². The molecule has 0 bridgehead atoms. The van der Waals surface area contributed by atoms with Crippen molar-refractivity contribution in [3.05, 3.63) is 24.3 Å². The molecule has 0 radical (unpaired) electrons. The number of ketones is 1. The molecule has 0 saturated carbocycles. The predicted molar refractivity (Wildman–Crippen MR) is 71.6 cm³/mol. The third-order valence-electron chi connectivity index (χ3n) is 2.51. The average Bonchev–Trinajstić information content (AvgIpc) is 2.28. The fraction of sp³-hybridized carbons (Fsp3) is 0.667. The molecule has 0 aromatic heterocycles. The zero-order valence-electron chi connectivity index (χ0n) is 10.9. The molecule has 0 aliphatic carbocycles. The highest BCUT2D eigenvalue weighted by molar-refractivity contribution is 5.99. The molecule has 0 rings (SSSR count). The normalized spacial score (nSPS) is 11.6. The van der Waals surface area contributed by atoms with E-state index >= 15 is 0 Å². The number of hydrogen-bond acceptors (Lipinski definition) is 1. The van der Waals surface area contributed by atoms with Gasteiger partial charge in [0.15, 0.2) is 5.78 Å². The van der Waals surface area contributed by atoms with Crippen LogP contribution in [0, 0.1) is 0 Å². The standard InChI is InChI=1S/C15H26O/c1-3-5-7-9-11-13-15(16)14-12-10-8-6-4-2/h11-14H,3-10H2,1-2H3/b13-11+,14-12?. The molecule has 0 aliphatic heterocycles. The smallest absolute Gasteiger partial charge is 0.177 e. The van der Waals surface area contributed by atoms with Crippen LogP contribution in [-0.2, 0) is 4.79 Å². The molecule has 16 heavy (non-hydrogen) atoms. The van der Waals surface area contributed by atoms with Crippen LogP contribution in [0.5, 0.6) is 0 Å². The summed E-state index contributed by atoms with van der Waals surface area (Å²) in [5, 5.41) is 0. The van der Waals surface area contributed by atoms with Crippen molar-refractivity contribution < 1.29 is 4.79 Å². The molecule has 0 amide bonds. The minimum Gasteiger partial charge on any atom is -0.290 e. The van der Waals surface area contributed by atoms with Crippen LogP contribution in [0.1, 0.15) is 65.2 Å². The van der Waals surface area contributed by atoms with E-state index in [0.29, 0.717) is 0 Å². The summed E-state index contributed by atoms with van der Waals surface area (Å²) in [6, 6.07) is 0. The number of carbonyl (C=O) groups is 1. The molecular formula is C15H26O. The lowest BCUT2D eigenvalue weighted by molar-refractivity contribution is -0.110. The van der Waals surface area contributed by atoms with Gasteiger partial charge in [-0.2, -0.15) is 0 Å². The maximum Gasteiger partial charge on any atom is 0.177 e. The molecule has 1 heteroatoms. The monoisotopic (exact) mass is 222 g/mol. The van der Waals surface area contributed by atoms with Gasteiger partial charge in [0.05, 0.1) is 0 Å². The maximum atomic E-state index is 11.3. The zero-order chi connectivity index (χ0) is 12.1. The lowest BCUT2D eigenvalue weighted by atomic mass is 10.1. The van der Waals surface area contributed by atoms with Gasteiger partial charge in [0, 0.05) is 0 Å². The first-order valence-corrected chi connectivity index (χ1v) is 6.68. The first-order chi connectivity index (χ1) is 7.81. The molecular weight excluding hydrogens is 196 g/mol. The fourth-order valence-corrected chi connectivity index (χ4v) is 1.48. The quantitative estimate of drug-likeness (QED) is 0.382. The molecule has 0 atom stereocenters. The average molecular weight is 222 g/mol. The Kier molecular flexibility index (Phi) is 11.6. The van der Waals surface area contributed by atoms with Crippen LogP contribution in [0.2, 0.25) is 0 Å². The third kappa shape index (κ3) is 11.2. The van der Waals surface area contributed by atoms with E-state index in [2.05, 4.69) is 13.8 Å². The van der Waals surface area contributed by atoms with Crippen LogP contribution in [0.25, 0.3) is 0 Å². The Morgan fingerprint density at radius 1 is 0.812 bits per heavy atom. The summed E-state index contributed by atoms with van der Waals surface area (Å²) in [5.41, 5.74) is 0. The van der Waals surface area contributed by atoms with E-state index in [1.807, 2.05) is 12.2 Å². The predicted octanol–water partition coefficient (Wildman–Crippen LogP) is 4.83. The van der Waals surface area contributed by atoms with E-state index in [0.717, 1.165) is 12.8 Å². The first kappa shape index (κ1) is 15.2. The maximum absolute atomic E-state index is 11.3. The molecule has 0 spiro atoms. The van der Waals surface area contributed by atoms with Crippen LogP contribution in [0.4, 0.5) is 0 Å². The summed E-state index contributed by atoms with van der Waals surface area (Å²) in [4.78, 5) is 11.3. The van der Waals surface area contributed by atoms with Gasteiger partial charge in [-0.1, -0.05) is 51.7 Å². The second-order valence-corrected chi connectivity index (χ2v) is 4.20. The summed E-state index contributed by atoms with van der Waals surface area (Å²) in [6.07, 6.45) is 16.8. The van der Waals surface area contributed by atoms with Gasteiger partial charge >= 0.3 is 0 Å². The van der Waals surface area contributed by atoms with Crippen molar-refractivity contribution >= 4 is 5.78 Å². The number of unbranched alkanes of at least 4 members (excludes halogenated alkanes) is 6. The lowest BCUT2D eigenvalue weighted by Crippen LogP contribution is -1.85. The molecule has 1 nitrogen and oxygen atoms in total. The van der Waals surface area contributed by atoms with Gasteiger partial charge in [-0.05, 0) is 37.8 Å². The molecule has 92 valence electrons. The highest BCUT2D eigenvalue weighted by Crippen LogP contribution is 2.01. The molecule has 0 saturated heterocycles. The van der Waals surface area contributed by atoms with Crippen molar-refractivity contribution in [1.82, 2.24) is 0 Å². The van der Waals surface area contributed by atoms with Crippen LogP contribution < -0.4 is 0 Å². The largest absolute Gasteiger partial charge is 0.290 e. The summed E-state index contributed by atoms with van der Waals surface area (Å²) in [6.45, 7) is 4.38. The van der Waals surface area contributed by atoms with Gasteiger partial charge in [-0.25, -0.2) is 0 Å². The Labute approximate surface area is 101 Å². The van der Waals surface area contributed by atoms with Crippen molar-refractivity contribution in [2.45, 2.75) is 65.2 Å². The first-order valence-electron chi connectivity index (χ1n) is 6.68. The van der Waals surface area contributed by atoms with Crippen molar-refractivity contribution in [3.8, 4) is 0 Å². The fourth-order valence-electron chi connectivity index (χ4n) is 1.48. The molecule has 0 aliphatic rings. The highest BCUT2D eigenvalue weighted by atomic mass is 16.1. The van der Waals surface area contributed by atoms with Gasteiger partial charge in [-0.15, -0.1) is 0 Å². The number of hydrogen-bond donors (Lipinski definition) is 0. The van der Waals surface area contributed by atoms with E-state index in [9.17, 15) is 4.79 Å². The molecule has 0 unspecified atom stereocenters. The lowest BCUT2D eigenvalue weighted by Gasteiger charge is -1.91. The van der Waals surface area contributed by atoms with Crippen molar-refractivity contribution in [1.29, 1.82) is 0 Å². The van der Waals surface area contributed by atoms with Crippen LogP contribution in [-0.4, -0.2) is 5.78 Å². The van der Waals surface area contributed by atoms with Gasteiger partial charge in [0.1, 0.15) is 0 Å². The Hall–Kier alpha value is -0.850. The van der Waals surface area contributed by atoms with E-state index in [4.69, 9.17) is 0 Å². The van der Waals surface area contributed by atoms with Gasteiger partial charge in [0.25, 0.3) is 0 Å². The minimum atomic E-state index is 0.132. The molecule has 0 aromatic rings. The number of carbonyl (C=O) groups excluding carboxylic acids is 1. The Bertz CT molecular complexity index is 191. The molecule has 0 fully saturated rings. The van der Waals surface area contributed by atoms with E-state index in [1.165, 1.54) is 38.5 Å². The van der Waals surface area contributed by atoms with Gasteiger partial charge < -0.3 is 0 Å². The third-order valence-corrected chi connectivity index (χ3v) is 2.51. The summed E-state index contributed by atoms with van der Waals surface area (Å²) in [7, 11) is 0. The van der Waals surface area contributed by atoms with E-state index in [-0.39, 0.29) is 5.78 Å². The Balaban J connectivity index is 3.48. The second kappa shape index (κ2) is 12.2. The highest BCUT2D eigenvalue weighted by Gasteiger charge is 1.88. The molecule has 0 aromatic carbocycles. The van der Waals surface area contributed by atoms with Crippen molar-refractivity contribution in [2.75, 3.05) is 0 Å². The number of rotatable bonds is 10. The summed E-state index contributed by atoms with van der Waals surface area (Å²) in [5.74, 6) is 0.132. The Morgan fingerprint density at radius 2 is 1.25 bits per heavy atom. The van der Waals surface area contributed by atoms with Gasteiger partial charge in [-0.3, -0.25) is 4.79 Å². The van der Waals surface area contributed by atoms with Gasteiger partial charge in [0.2, 0.25) is 0 Å². The van der Waals surface area contributed by atoms with Crippen LogP contribution in [0.15, 0.2) is 24.3 Å². The molecule has 0 heterocycles. The summed E-state index contributed by atoms with van der Waals surface area (Å²) < 4.78 is 0. The van der Waals surface area contributed by atoms with E-state index < -0.39 is 0 Å². The SMILES string of the molecule is CCCCCC=CC(=O)/C=C/CCCCC. The zero-order valence-corrected chi connectivity index (χ0v) is 10.9. The minimum absolute atomic E-state index is 0.132. The van der Waals surface area contributed by atoms with E-state index in [1.54, 1.807) is 12.2 Å². The number of allylic oxidation sites excluding steroid dienone is 4. The molecule has 0 N–H and O–H groups in total. The summed E-state index contributed by atoms with van der Waals surface area (Å²) >= 11 is 0. The Morgan fingerprint density at radius 3 is 1.62 bits per heavy atom. The van der Waals surface area contributed by atoms with Crippen LogP contribution in [0.3, 0.4) is 0 Å². The second-order valence-electron chi connectivity index (χ2n) is 4.20.